The van der Waals surface area contributed by atoms with Crippen LogP contribution in [0.15, 0.2) is 47.4 Å². The van der Waals surface area contributed by atoms with Crippen LogP contribution in [0.4, 0.5) is 5.69 Å². The van der Waals surface area contributed by atoms with Crippen molar-refractivity contribution in [1.29, 1.82) is 0 Å². The quantitative estimate of drug-likeness (QED) is 0.321. The van der Waals surface area contributed by atoms with Crippen LogP contribution < -0.4 is 16.6 Å². The zero-order valence-electron chi connectivity index (χ0n) is 20.7. The predicted molar refractivity (Wildman–Crippen MR) is 148 cm³/mol. The van der Waals surface area contributed by atoms with Crippen molar-refractivity contribution >= 4 is 45.4 Å². The molecule has 5 rings (SSSR count). The van der Waals surface area contributed by atoms with E-state index in [4.69, 9.17) is 17.3 Å². The minimum atomic E-state index is -0.162. The van der Waals surface area contributed by atoms with Gasteiger partial charge in [0.25, 0.3) is 11.5 Å². The van der Waals surface area contributed by atoms with E-state index < -0.39 is 0 Å². The van der Waals surface area contributed by atoms with E-state index in [0.717, 1.165) is 24.8 Å². The van der Waals surface area contributed by atoms with Crippen LogP contribution in [0.2, 0.25) is 5.02 Å². The number of benzene rings is 2. The number of nitrogens with two attached hydrogens (primary N) is 1. The Morgan fingerprint density at radius 2 is 1.92 bits per heavy atom. The monoisotopic (exact) mass is 523 g/mol. The van der Waals surface area contributed by atoms with Gasteiger partial charge in [0, 0.05) is 22.3 Å². The van der Waals surface area contributed by atoms with Crippen LogP contribution in [-0.2, 0) is 6.54 Å². The van der Waals surface area contributed by atoms with Crippen LogP contribution in [0, 0.1) is 6.92 Å². The van der Waals surface area contributed by atoms with E-state index in [1.54, 1.807) is 42.0 Å². The van der Waals surface area contributed by atoms with E-state index in [1.165, 1.54) is 17.8 Å². The van der Waals surface area contributed by atoms with Gasteiger partial charge >= 0.3 is 0 Å². The molecule has 7 nitrogen and oxygen atoms in total. The number of amides is 1. The SMILES string of the molecule is CCC.Cc1nc2cc(-c3ncc(C(=O)NC4CCC4)s3)c(N)cc2c(=O)n1Cc1ccc(Cl)cc1. The third kappa shape index (κ3) is 5.60. The normalized spacial score (nSPS) is 13.1. The summed E-state index contributed by atoms with van der Waals surface area (Å²) in [5.41, 5.74) is 8.74. The summed E-state index contributed by atoms with van der Waals surface area (Å²) in [4.78, 5) is 35.3. The highest BCUT2D eigenvalue weighted by Gasteiger charge is 2.22. The molecule has 0 aliphatic heterocycles. The highest BCUT2D eigenvalue weighted by molar-refractivity contribution is 7.17. The van der Waals surface area contributed by atoms with Crippen molar-refractivity contribution in [2.24, 2.45) is 0 Å². The van der Waals surface area contributed by atoms with Crippen molar-refractivity contribution in [3.05, 3.63) is 74.2 Å². The molecular weight excluding hydrogens is 494 g/mol. The summed E-state index contributed by atoms with van der Waals surface area (Å²) in [6.07, 6.45) is 6.02. The van der Waals surface area contributed by atoms with Crippen molar-refractivity contribution in [2.75, 3.05) is 5.73 Å². The van der Waals surface area contributed by atoms with Gasteiger partial charge in [0.05, 0.1) is 23.6 Å². The zero-order valence-corrected chi connectivity index (χ0v) is 22.2. The van der Waals surface area contributed by atoms with Crippen molar-refractivity contribution in [3.8, 4) is 10.6 Å². The van der Waals surface area contributed by atoms with Gasteiger partial charge in [0.1, 0.15) is 15.7 Å². The first-order chi connectivity index (χ1) is 17.3. The fourth-order valence-corrected chi connectivity index (χ4v) is 4.84. The number of nitrogens with zero attached hydrogens (tertiary/aromatic N) is 3. The molecule has 0 unspecified atom stereocenters. The number of aromatic nitrogens is 3. The van der Waals surface area contributed by atoms with Crippen molar-refractivity contribution in [3.63, 3.8) is 0 Å². The maximum absolute atomic E-state index is 13.2. The van der Waals surface area contributed by atoms with Crippen LogP contribution in [0.3, 0.4) is 0 Å². The second kappa shape index (κ2) is 11.2. The van der Waals surface area contributed by atoms with Crippen LogP contribution in [0.25, 0.3) is 21.5 Å². The molecule has 4 aromatic rings. The fraction of sp³-hybridized carbons (Fsp3) is 0.333. The minimum Gasteiger partial charge on any atom is -0.398 e. The Hall–Kier alpha value is -3.23. The summed E-state index contributed by atoms with van der Waals surface area (Å²) in [7, 11) is 0. The highest BCUT2D eigenvalue weighted by atomic mass is 35.5. The molecule has 1 saturated carbocycles. The van der Waals surface area contributed by atoms with Crippen molar-refractivity contribution in [1.82, 2.24) is 19.9 Å². The van der Waals surface area contributed by atoms with E-state index in [1.807, 2.05) is 12.1 Å². The third-order valence-electron chi connectivity index (χ3n) is 5.97. The van der Waals surface area contributed by atoms with Gasteiger partial charge in [-0.25, -0.2) is 9.97 Å². The largest absolute Gasteiger partial charge is 0.398 e. The van der Waals surface area contributed by atoms with Gasteiger partial charge in [-0.15, -0.1) is 11.3 Å². The molecule has 9 heteroatoms. The number of thiazole rings is 1. The lowest BCUT2D eigenvalue weighted by Crippen LogP contribution is -2.39. The van der Waals surface area contributed by atoms with Gasteiger partial charge in [-0.05, 0) is 56.0 Å². The van der Waals surface area contributed by atoms with Gasteiger partial charge in [-0.3, -0.25) is 14.2 Å². The molecular formula is C27H30ClN5O2S. The molecule has 0 saturated heterocycles. The van der Waals surface area contributed by atoms with E-state index in [0.29, 0.717) is 49.4 Å². The first kappa shape index (κ1) is 25.9. The Morgan fingerprint density at radius 3 is 2.56 bits per heavy atom. The molecule has 0 radical (unpaired) electrons. The van der Waals surface area contributed by atoms with Gasteiger partial charge in [0.15, 0.2) is 0 Å². The van der Waals surface area contributed by atoms with E-state index in [9.17, 15) is 9.59 Å². The number of rotatable bonds is 5. The average Bonchev–Trinajstić information content (AvgIpc) is 3.31. The molecule has 1 aliphatic carbocycles. The number of carbonyl (C=O) groups excluding carboxylic acids is 1. The Kier molecular flexibility index (Phi) is 8.06. The van der Waals surface area contributed by atoms with Crippen molar-refractivity contribution in [2.45, 2.75) is 59.0 Å². The second-order valence-corrected chi connectivity index (χ2v) is 10.4. The molecule has 36 heavy (non-hydrogen) atoms. The number of nitrogen functional groups attached to an aromatic ring is 1. The predicted octanol–water partition coefficient (Wildman–Crippen LogP) is 5.81. The zero-order chi connectivity index (χ0) is 25.8. The first-order valence-electron chi connectivity index (χ1n) is 12.1. The average molecular weight is 524 g/mol. The van der Waals surface area contributed by atoms with Crippen LogP contribution in [0.5, 0.6) is 0 Å². The summed E-state index contributed by atoms with van der Waals surface area (Å²) in [6.45, 7) is 6.44. The third-order valence-corrected chi connectivity index (χ3v) is 7.25. The number of carbonyl (C=O) groups is 1. The number of nitrogens with one attached hydrogen (secondary N) is 1. The van der Waals surface area contributed by atoms with Crippen molar-refractivity contribution < 1.29 is 4.79 Å². The summed E-state index contributed by atoms with van der Waals surface area (Å²) in [6, 6.07) is 11.0. The second-order valence-electron chi connectivity index (χ2n) is 8.97. The highest BCUT2D eigenvalue weighted by Crippen LogP contribution is 2.32. The molecule has 1 fully saturated rings. The lowest BCUT2D eigenvalue weighted by Gasteiger charge is -2.25. The summed E-state index contributed by atoms with van der Waals surface area (Å²) < 4.78 is 1.62. The maximum Gasteiger partial charge on any atom is 0.263 e. The number of aryl methyl sites for hydroxylation is 1. The molecule has 2 aromatic carbocycles. The summed E-state index contributed by atoms with van der Waals surface area (Å²) in [5.74, 6) is 0.486. The van der Waals surface area contributed by atoms with Crippen LogP contribution in [-0.4, -0.2) is 26.5 Å². The number of hydrogen-bond donors (Lipinski definition) is 2. The van der Waals surface area contributed by atoms with E-state index in [2.05, 4.69) is 29.1 Å². The molecule has 1 aliphatic rings. The Morgan fingerprint density at radius 1 is 1.22 bits per heavy atom. The van der Waals surface area contributed by atoms with Gasteiger partial charge in [-0.2, -0.15) is 0 Å². The van der Waals surface area contributed by atoms with Gasteiger partial charge in [0.2, 0.25) is 0 Å². The van der Waals surface area contributed by atoms with Crippen LogP contribution in [0.1, 0.15) is 60.6 Å². The Bertz CT molecular complexity index is 1440. The standard InChI is InChI=1S/C24H22ClN5O2S.C3H8/c1-13-28-20-10-17(23-27-11-21(33-23)22(31)29-16-3-2-4-16)19(26)9-18(20)24(32)30(13)12-14-5-7-15(25)8-6-14;1-3-2/h5-11,16H,2-4,12,26H2,1H3,(H,29,31);3H2,1-2H3. The number of halogens is 1. The lowest BCUT2D eigenvalue weighted by molar-refractivity contribution is 0.0921. The molecule has 188 valence electrons. The minimum absolute atomic E-state index is 0.109. The fourth-order valence-electron chi connectivity index (χ4n) is 3.85. The first-order valence-corrected chi connectivity index (χ1v) is 13.3. The van der Waals surface area contributed by atoms with E-state index in [-0.39, 0.29) is 17.5 Å². The molecule has 1 amide bonds. The van der Waals surface area contributed by atoms with Gasteiger partial charge in [-0.1, -0.05) is 44.0 Å². The lowest BCUT2D eigenvalue weighted by atomic mass is 9.93. The molecule has 3 N–H and O–H groups in total. The molecule has 0 atom stereocenters. The Balaban J connectivity index is 0.000000967. The number of fused-ring (bicyclic) bond motifs is 1. The molecule has 0 bridgehead atoms. The summed E-state index contributed by atoms with van der Waals surface area (Å²) in [5, 5.41) is 4.73. The van der Waals surface area contributed by atoms with Gasteiger partial charge < -0.3 is 11.1 Å². The molecule has 0 spiro atoms. The molecule has 2 aromatic heterocycles. The maximum atomic E-state index is 13.2. The number of hydrogen-bond acceptors (Lipinski definition) is 6. The Labute approximate surface area is 219 Å². The van der Waals surface area contributed by atoms with Crippen LogP contribution >= 0.6 is 22.9 Å². The van der Waals surface area contributed by atoms with E-state index >= 15 is 0 Å². The topological polar surface area (TPSA) is 103 Å². The smallest absolute Gasteiger partial charge is 0.263 e. The molecule has 2 heterocycles. The summed E-state index contributed by atoms with van der Waals surface area (Å²) >= 11 is 7.25. The number of anilines is 1.